The molecule has 0 aromatic heterocycles. The van der Waals surface area contributed by atoms with Crippen LogP contribution in [0.3, 0.4) is 0 Å². The third kappa shape index (κ3) is 64.7. The number of allylic oxidation sites excluding steroid dienone is 5. The molecular formula is C74H144N2O7P+. The van der Waals surface area contributed by atoms with Crippen molar-refractivity contribution in [3.8, 4) is 0 Å². The number of carbonyl (C=O) groups excluding carboxylic acids is 2. The number of hydrogen-bond donors (Lipinski definition) is 2. The van der Waals surface area contributed by atoms with Crippen molar-refractivity contribution in [2.45, 2.75) is 386 Å². The average Bonchev–Trinajstić information content (AvgIpc) is 3.64. The van der Waals surface area contributed by atoms with Gasteiger partial charge in [-0.3, -0.25) is 18.6 Å². The van der Waals surface area contributed by atoms with Crippen LogP contribution >= 0.6 is 7.82 Å². The minimum atomic E-state index is -4.45. The number of carbonyl (C=O) groups is 2. The zero-order valence-corrected chi connectivity index (χ0v) is 57.8. The molecule has 84 heavy (non-hydrogen) atoms. The molecule has 3 unspecified atom stereocenters. The van der Waals surface area contributed by atoms with Gasteiger partial charge >= 0.3 is 13.8 Å². The van der Waals surface area contributed by atoms with Crippen molar-refractivity contribution < 1.29 is 37.3 Å². The molecule has 0 radical (unpaired) electrons. The summed E-state index contributed by atoms with van der Waals surface area (Å²) >= 11 is 0. The molecule has 1 amide bonds. The van der Waals surface area contributed by atoms with Crippen molar-refractivity contribution in [2.24, 2.45) is 0 Å². The summed E-state index contributed by atoms with van der Waals surface area (Å²) in [6.07, 6.45) is 80.3. The maximum absolute atomic E-state index is 13.6. The first-order valence-corrected chi connectivity index (χ1v) is 38.3. The van der Waals surface area contributed by atoms with E-state index in [1.54, 1.807) is 0 Å². The van der Waals surface area contributed by atoms with E-state index < -0.39 is 20.0 Å². The van der Waals surface area contributed by atoms with E-state index >= 15 is 0 Å². The number of nitrogens with one attached hydrogen (secondary N) is 1. The van der Waals surface area contributed by atoms with Gasteiger partial charge in [-0.25, -0.2) is 4.57 Å². The number of unbranched alkanes of at least 4 members (excludes halogenated alkanes) is 48. The molecule has 0 saturated heterocycles. The van der Waals surface area contributed by atoms with Crippen LogP contribution in [0, 0.1) is 0 Å². The van der Waals surface area contributed by atoms with Crippen LogP contribution in [0.2, 0.25) is 0 Å². The Kier molecular flexibility index (Phi) is 62.9. The molecule has 0 rings (SSSR count). The van der Waals surface area contributed by atoms with E-state index in [1.165, 1.54) is 276 Å². The lowest BCUT2D eigenvalue weighted by atomic mass is 10.0. The number of amides is 1. The van der Waals surface area contributed by atoms with Crippen molar-refractivity contribution in [3.05, 3.63) is 36.5 Å². The largest absolute Gasteiger partial charge is 0.472 e. The van der Waals surface area contributed by atoms with Crippen LogP contribution < -0.4 is 5.32 Å². The summed E-state index contributed by atoms with van der Waals surface area (Å²) in [4.78, 5) is 37.9. The molecule has 0 heterocycles. The zero-order valence-electron chi connectivity index (χ0n) is 56.9. The maximum atomic E-state index is 13.6. The second-order valence-electron chi connectivity index (χ2n) is 26.5. The summed E-state index contributed by atoms with van der Waals surface area (Å²) < 4.78 is 30.8. The zero-order chi connectivity index (χ0) is 61.4. The summed E-state index contributed by atoms with van der Waals surface area (Å²) in [5.74, 6) is -0.490. The first-order valence-electron chi connectivity index (χ1n) is 36.8. The normalized spacial score (nSPS) is 13.7. The highest BCUT2D eigenvalue weighted by Crippen LogP contribution is 2.43. The smallest absolute Gasteiger partial charge is 0.456 e. The second-order valence-corrected chi connectivity index (χ2v) is 27.9. The second kappa shape index (κ2) is 64.2. The molecule has 0 fully saturated rings. The summed E-state index contributed by atoms with van der Waals surface area (Å²) in [6.45, 7) is 7.05. The predicted octanol–water partition coefficient (Wildman–Crippen LogP) is 23.4. The van der Waals surface area contributed by atoms with Gasteiger partial charge in [-0.2, -0.15) is 0 Å². The number of likely N-dealkylation sites (N-methyl/N-ethyl adjacent to an activating group) is 1. The van der Waals surface area contributed by atoms with Gasteiger partial charge in [0.2, 0.25) is 5.91 Å². The molecule has 0 bridgehead atoms. The van der Waals surface area contributed by atoms with Gasteiger partial charge in [0.1, 0.15) is 19.3 Å². The molecule has 3 atom stereocenters. The lowest BCUT2D eigenvalue weighted by molar-refractivity contribution is -0.870. The van der Waals surface area contributed by atoms with Gasteiger partial charge in [-0.1, -0.05) is 334 Å². The van der Waals surface area contributed by atoms with Gasteiger partial charge < -0.3 is 19.4 Å². The Balaban J connectivity index is 4.96. The summed E-state index contributed by atoms with van der Waals surface area (Å²) in [7, 11) is 1.51. The third-order valence-electron chi connectivity index (χ3n) is 16.8. The minimum Gasteiger partial charge on any atom is -0.456 e. The van der Waals surface area contributed by atoms with Crippen molar-refractivity contribution >= 4 is 19.7 Å². The van der Waals surface area contributed by atoms with Crippen LogP contribution in [0.25, 0.3) is 0 Å². The van der Waals surface area contributed by atoms with Gasteiger partial charge in [0.05, 0.1) is 33.8 Å². The van der Waals surface area contributed by atoms with Crippen LogP contribution in [0.15, 0.2) is 36.5 Å². The van der Waals surface area contributed by atoms with Crippen molar-refractivity contribution in [1.82, 2.24) is 5.32 Å². The van der Waals surface area contributed by atoms with E-state index in [0.29, 0.717) is 23.9 Å². The lowest BCUT2D eigenvalue weighted by Crippen LogP contribution is -2.47. The number of esters is 1. The van der Waals surface area contributed by atoms with Crippen LogP contribution in [0.5, 0.6) is 0 Å². The monoisotopic (exact) mass is 1200 g/mol. The Labute approximate surface area is 523 Å². The number of hydrogen-bond acceptors (Lipinski definition) is 6. The Morgan fingerprint density at radius 3 is 1.10 bits per heavy atom. The summed E-state index contributed by atoms with van der Waals surface area (Å²) in [5.41, 5.74) is 0. The first-order chi connectivity index (χ1) is 40.9. The van der Waals surface area contributed by atoms with Gasteiger partial charge in [-0.05, 0) is 63.9 Å². The molecule has 0 aromatic rings. The Morgan fingerprint density at radius 2 is 0.726 bits per heavy atom. The molecule has 0 spiro atoms. The number of phosphoric ester groups is 1. The van der Waals surface area contributed by atoms with Gasteiger partial charge in [0.25, 0.3) is 0 Å². The molecule has 0 aliphatic rings. The SMILES string of the molecule is CCCCC/C=C\C/C=C\CCCCCCCCCCCC(=O)NC(COP(=O)(O)OCC[N+](C)(C)C)C(/C=C\CCCCCCCCCCCC)OC(=O)CCCCCCCCCCCCCCCCCCCCCCCCCCCCC. The van der Waals surface area contributed by atoms with Crippen LogP contribution in [-0.4, -0.2) is 74.3 Å². The topological polar surface area (TPSA) is 111 Å². The Hall–Kier alpha value is -1.77. The van der Waals surface area contributed by atoms with E-state index in [1.807, 2.05) is 33.3 Å². The van der Waals surface area contributed by atoms with Crippen molar-refractivity contribution in [3.63, 3.8) is 0 Å². The molecule has 0 aliphatic heterocycles. The average molecular weight is 1200 g/mol. The summed E-state index contributed by atoms with van der Waals surface area (Å²) in [5, 5.41) is 3.07. The van der Waals surface area contributed by atoms with Crippen LogP contribution in [0.1, 0.15) is 374 Å². The molecule has 0 aromatic carbocycles. The fourth-order valence-electron chi connectivity index (χ4n) is 11.2. The highest BCUT2D eigenvalue weighted by Gasteiger charge is 2.30. The number of rotatable bonds is 68. The quantitative estimate of drug-likeness (QED) is 0.0205. The van der Waals surface area contributed by atoms with Crippen molar-refractivity contribution in [2.75, 3.05) is 40.9 Å². The molecular weight excluding hydrogens is 1060 g/mol. The molecule has 10 heteroatoms. The molecule has 496 valence electrons. The number of ether oxygens (including phenoxy) is 1. The van der Waals surface area contributed by atoms with E-state index in [9.17, 15) is 19.0 Å². The van der Waals surface area contributed by atoms with Crippen molar-refractivity contribution in [1.29, 1.82) is 0 Å². The fourth-order valence-corrected chi connectivity index (χ4v) is 11.9. The van der Waals surface area contributed by atoms with E-state index in [-0.39, 0.29) is 25.1 Å². The van der Waals surface area contributed by atoms with Gasteiger partial charge in [0.15, 0.2) is 0 Å². The molecule has 0 aliphatic carbocycles. The maximum Gasteiger partial charge on any atom is 0.472 e. The molecule has 2 N–H and O–H groups in total. The van der Waals surface area contributed by atoms with E-state index in [2.05, 4.69) is 50.4 Å². The fraction of sp³-hybridized carbons (Fsp3) is 0.892. The molecule has 9 nitrogen and oxygen atoms in total. The summed E-state index contributed by atoms with van der Waals surface area (Å²) in [6, 6.07) is -0.848. The minimum absolute atomic E-state index is 0.0420. The standard InChI is InChI=1S/C74H143N2O7P/c1-7-10-13-16-19-22-25-28-30-32-34-35-36-37-38-39-40-41-43-45-47-49-52-55-58-61-64-67-74(78)83-72(65-62-59-56-53-50-27-24-21-18-15-12-9-3)71(70-82-84(79,80)81-69-68-76(4,5)6)75-73(77)66-63-60-57-54-51-48-46-44-42-33-31-29-26-23-20-17-14-11-8-2/h20,23,29,31,62,65,71-72H,7-19,21-22,24-28,30,32-61,63-64,66-70H2,1-6H3,(H-,75,77,79,80)/p+1/b23-20-,31-29-,65-62-. The van der Waals surface area contributed by atoms with E-state index in [4.69, 9.17) is 13.8 Å². The highest BCUT2D eigenvalue weighted by atomic mass is 31.2. The lowest BCUT2D eigenvalue weighted by Gasteiger charge is -2.27. The third-order valence-corrected chi connectivity index (χ3v) is 17.8. The highest BCUT2D eigenvalue weighted by molar-refractivity contribution is 7.47. The molecule has 0 saturated carbocycles. The van der Waals surface area contributed by atoms with Gasteiger partial charge in [-0.15, -0.1) is 0 Å². The van der Waals surface area contributed by atoms with Gasteiger partial charge in [0, 0.05) is 12.8 Å². The Morgan fingerprint density at radius 1 is 0.417 bits per heavy atom. The van der Waals surface area contributed by atoms with E-state index in [0.717, 1.165) is 64.2 Å². The van der Waals surface area contributed by atoms with Crippen LogP contribution in [-0.2, 0) is 27.9 Å². The number of quaternary nitrogens is 1. The predicted molar refractivity (Wildman–Crippen MR) is 365 cm³/mol. The first kappa shape index (κ1) is 82.2. The van der Waals surface area contributed by atoms with Crippen LogP contribution in [0.4, 0.5) is 0 Å². The number of nitrogens with zero attached hydrogens (tertiary/aromatic N) is 1. The number of phosphoric acid groups is 1. The Bertz CT molecular complexity index is 1530.